The zero-order valence-electron chi connectivity index (χ0n) is 13.4. The topological polar surface area (TPSA) is 29.9 Å². The van der Waals surface area contributed by atoms with Crippen molar-refractivity contribution < 1.29 is 0 Å². The number of aromatic nitrogens is 2. The minimum atomic E-state index is 0.193. The minimum absolute atomic E-state index is 0.193. The first-order chi connectivity index (χ1) is 8.70. The second-order valence-corrected chi connectivity index (χ2v) is 7.61. The number of aryl methyl sites for hydroxylation is 2. The van der Waals surface area contributed by atoms with E-state index < -0.39 is 0 Å². The van der Waals surface area contributed by atoms with Crippen LogP contribution in [0.3, 0.4) is 0 Å². The fraction of sp³-hybridized carbons (Fsp3) is 0.812. The molecule has 1 heterocycles. The molecule has 1 N–H and O–H groups in total. The Kier molecular flexibility index (Phi) is 3.78. The van der Waals surface area contributed by atoms with E-state index in [4.69, 9.17) is 0 Å². The Morgan fingerprint density at radius 3 is 2.37 bits per heavy atom. The lowest BCUT2D eigenvalue weighted by Gasteiger charge is -2.34. The summed E-state index contributed by atoms with van der Waals surface area (Å²) in [4.78, 5) is 0. The van der Waals surface area contributed by atoms with Crippen LogP contribution in [0.4, 0.5) is 0 Å². The van der Waals surface area contributed by atoms with Gasteiger partial charge in [0.15, 0.2) is 0 Å². The summed E-state index contributed by atoms with van der Waals surface area (Å²) >= 11 is 0. The number of nitrogens with one attached hydrogen (secondary N) is 1. The van der Waals surface area contributed by atoms with E-state index in [1.54, 1.807) is 0 Å². The molecule has 0 aliphatic heterocycles. The molecule has 0 spiro atoms. The van der Waals surface area contributed by atoms with Gasteiger partial charge in [-0.2, -0.15) is 5.10 Å². The Bertz CT molecular complexity index is 437. The molecule has 0 amide bonds. The van der Waals surface area contributed by atoms with Crippen LogP contribution in [0.2, 0.25) is 0 Å². The molecule has 1 fully saturated rings. The van der Waals surface area contributed by atoms with Gasteiger partial charge in [-0.05, 0) is 64.4 Å². The third-order valence-electron chi connectivity index (χ3n) is 4.27. The average molecular weight is 263 g/mol. The lowest BCUT2D eigenvalue weighted by molar-refractivity contribution is 0.223. The Balaban J connectivity index is 2.09. The van der Waals surface area contributed by atoms with Gasteiger partial charge >= 0.3 is 0 Å². The van der Waals surface area contributed by atoms with Gasteiger partial charge in [0.25, 0.3) is 0 Å². The van der Waals surface area contributed by atoms with Crippen molar-refractivity contribution in [1.29, 1.82) is 0 Å². The summed E-state index contributed by atoms with van der Waals surface area (Å²) in [6.45, 7) is 12.3. The maximum Gasteiger partial charge on any atom is 0.0596 e. The van der Waals surface area contributed by atoms with Gasteiger partial charge in [0.05, 0.1) is 5.69 Å². The highest BCUT2D eigenvalue weighted by atomic mass is 15.3. The van der Waals surface area contributed by atoms with Crippen LogP contribution in [0.15, 0.2) is 6.07 Å². The maximum absolute atomic E-state index is 4.48. The molecule has 1 aromatic heterocycles. The Morgan fingerprint density at radius 2 is 1.95 bits per heavy atom. The second kappa shape index (κ2) is 4.93. The van der Waals surface area contributed by atoms with Gasteiger partial charge in [0.1, 0.15) is 0 Å². The van der Waals surface area contributed by atoms with Crippen molar-refractivity contribution in [3.05, 3.63) is 17.5 Å². The van der Waals surface area contributed by atoms with Gasteiger partial charge in [-0.15, -0.1) is 0 Å². The fourth-order valence-electron chi connectivity index (χ4n) is 2.84. The highest BCUT2D eigenvalue weighted by molar-refractivity contribution is 5.12. The monoisotopic (exact) mass is 263 g/mol. The highest BCUT2D eigenvalue weighted by Gasteiger charge is 2.42. The maximum atomic E-state index is 4.48. The van der Waals surface area contributed by atoms with Crippen LogP contribution < -0.4 is 5.32 Å². The largest absolute Gasteiger partial charge is 0.312 e. The van der Waals surface area contributed by atoms with Crippen LogP contribution in [0.1, 0.15) is 51.9 Å². The third kappa shape index (κ3) is 3.82. The number of hydrogen-bond donors (Lipinski definition) is 1. The van der Waals surface area contributed by atoms with E-state index in [0.717, 1.165) is 24.6 Å². The fourth-order valence-corrected chi connectivity index (χ4v) is 2.84. The molecule has 1 aromatic rings. The lowest BCUT2D eigenvalue weighted by Crippen LogP contribution is -2.44. The molecule has 1 saturated carbocycles. The van der Waals surface area contributed by atoms with Gasteiger partial charge in [-0.1, -0.05) is 6.92 Å². The first-order valence-corrected chi connectivity index (χ1v) is 7.44. The average Bonchev–Trinajstić information content (AvgIpc) is 3.04. The van der Waals surface area contributed by atoms with E-state index in [1.165, 1.54) is 18.5 Å². The van der Waals surface area contributed by atoms with Gasteiger partial charge in [0.2, 0.25) is 0 Å². The predicted molar refractivity (Wildman–Crippen MR) is 80.2 cm³/mol. The number of hydrogen-bond acceptors (Lipinski definition) is 2. The van der Waals surface area contributed by atoms with Crippen LogP contribution >= 0.6 is 0 Å². The summed E-state index contributed by atoms with van der Waals surface area (Å²) in [5, 5.41) is 8.18. The Morgan fingerprint density at radius 1 is 1.32 bits per heavy atom. The molecule has 3 heteroatoms. The van der Waals surface area contributed by atoms with Crippen molar-refractivity contribution in [3.63, 3.8) is 0 Å². The second-order valence-electron chi connectivity index (χ2n) is 7.61. The molecule has 19 heavy (non-hydrogen) atoms. The van der Waals surface area contributed by atoms with Crippen molar-refractivity contribution in [1.82, 2.24) is 15.1 Å². The minimum Gasteiger partial charge on any atom is -0.312 e. The standard InChI is InChI=1S/C16H29N3/c1-12-9-14(19(6)18-12)10-16(5,13-7-8-13)11-17-15(2,3)4/h9,13,17H,7-8,10-11H2,1-6H3. The summed E-state index contributed by atoms with van der Waals surface area (Å²) < 4.78 is 2.05. The predicted octanol–water partition coefficient (Wildman–Crippen LogP) is 3.08. The summed E-state index contributed by atoms with van der Waals surface area (Å²) in [5.41, 5.74) is 3.04. The van der Waals surface area contributed by atoms with Crippen LogP contribution in [0.5, 0.6) is 0 Å². The SMILES string of the molecule is Cc1cc(CC(C)(CNC(C)(C)C)C2CC2)n(C)n1. The van der Waals surface area contributed by atoms with E-state index in [-0.39, 0.29) is 5.54 Å². The Hall–Kier alpha value is -0.830. The van der Waals surface area contributed by atoms with E-state index >= 15 is 0 Å². The normalized spacial score (nSPS) is 19.5. The molecule has 0 bridgehead atoms. The quantitative estimate of drug-likeness (QED) is 0.885. The molecule has 2 rings (SSSR count). The van der Waals surface area contributed by atoms with Gasteiger partial charge < -0.3 is 5.32 Å². The molecular formula is C16H29N3. The van der Waals surface area contributed by atoms with Crippen molar-refractivity contribution in [2.75, 3.05) is 6.54 Å². The molecule has 1 aliphatic rings. The lowest BCUT2D eigenvalue weighted by atomic mass is 9.79. The van der Waals surface area contributed by atoms with Crippen LogP contribution in [-0.2, 0) is 13.5 Å². The zero-order chi connectivity index (χ0) is 14.3. The first kappa shape index (κ1) is 14.6. The van der Waals surface area contributed by atoms with Crippen molar-refractivity contribution in [3.8, 4) is 0 Å². The molecule has 3 nitrogen and oxygen atoms in total. The van der Waals surface area contributed by atoms with E-state index in [0.29, 0.717) is 5.41 Å². The molecule has 108 valence electrons. The van der Waals surface area contributed by atoms with Gasteiger partial charge in [-0.3, -0.25) is 4.68 Å². The number of nitrogens with zero attached hydrogens (tertiary/aromatic N) is 2. The van der Waals surface area contributed by atoms with E-state index in [2.05, 4.69) is 58.1 Å². The van der Waals surface area contributed by atoms with Crippen molar-refractivity contribution in [2.24, 2.45) is 18.4 Å². The van der Waals surface area contributed by atoms with Crippen LogP contribution in [0, 0.1) is 18.3 Å². The van der Waals surface area contributed by atoms with Crippen molar-refractivity contribution in [2.45, 2.75) is 59.4 Å². The van der Waals surface area contributed by atoms with E-state index in [9.17, 15) is 0 Å². The number of rotatable bonds is 5. The van der Waals surface area contributed by atoms with E-state index in [1.807, 2.05) is 4.68 Å². The first-order valence-electron chi connectivity index (χ1n) is 7.44. The van der Waals surface area contributed by atoms with Gasteiger partial charge in [-0.25, -0.2) is 0 Å². The third-order valence-corrected chi connectivity index (χ3v) is 4.27. The zero-order valence-corrected chi connectivity index (χ0v) is 13.4. The molecule has 1 unspecified atom stereocenters. The highest BCUT2D eigenvalue weighted by Crippen LogP contribution is 2.47. The molecule has 0 radical (unpaired) electrons. The van der Waals surface area contributed by atoms with Crippen LogP contribution in [-0.4, -0.2) is 21.9 Å². The summed E-state index contributed by atoms with van der Waals surface area (Å²) in [7, 11) is 2.06. The van der Waals surface area contributed by atoms with Crippen molar-refractivity contribution >= 4 is 0 Å². The van der Waals surface area contributed by atoms with Gasteiger partial charge in [0, 0.05) is 24.8 Å². The molecule has 1 atom stereocenters. The molecule has 0 saturated heterocycles. The summed E-state index contributed by atoms with van der Waals surface area (Å²) in [6.07, 6.45) is 3.90. The molecular weight excluding hydrogens is 234 g/mol. The van der Waals surface area contributed by atoms with Crippen LogP contribution in [0.25, 0.3) is 0 Å². The molecule has 1 aliphatic carbocycles. The smallest absolute Gasteiger partial charge is 0.0596 e. The summed E-state index contributed by atoms with van der Waals surface area (Å²) in [5.74, 6) is 0.873. The molecule has 0 aromatic carbocycles. The summed E-state index contributed by atoms with van der Waals surface area (Å²) in [6, 6.07) is 2.23. The Labute approximate surface area is 117 Å².